The van der Waals surface area contributed by atoms with Crippen LogP contribution in [0.25, 0.3) is 0 Å². The molecular weight excluding hydrogens is 362 g/mol. The molecule has 3 rings (SSSR count). The summed E-state index contributed by atoms with van der Waals surface area (Å²) < 4.78 is 30.3. The molecule has 0 aliphatic carbocycles. The van der Waals surface area contributed by atoms with Gasteiger partial charge in [-0.25, -0.2) is 0 Å². The molecule has 0 radical (unpaired) electrons. The first-order valence-corrected chi connectivity index (χ1v) is 10.2. The maximum absolute atomic E-state index is 12.6. The second kappa shape index (κ2) is 6.87. The summed E-state index contributed by atoms with van der Waals surface area (Å²) in [6.07, 6.45) is 1.99. The molecule has 0 spiro atoms. The van der Waals surface area contributed by atoms with Crippen LogP contribution in [0.5, 0.6) is 0 Å². The number of likely N-dealkylation sites (N-methyl/N-ethyl adjacent to an activating group) is 1. The number of carbonyl (C=O) groups is 1. The maximum Gasteiger partial charge on any atom is 0.280 e. The van der Waals surface area contributed by atoms with Crippen molar-refractivity contribution in [2.75, 3.05) is 7.05 Å². The largest absolute Gasteiger partial charge is 0.350 e. The van der Waals surface area contributed by atoms with E-state index in [1.807, 2.05) is 24.4 Å². The Balaban J connectivity index is 1.79. The Bertz CT molecular complexity index is 860. The van der Waals surface area contributed by atoms with Crippen molar-refractivity contribution in [2.24, 2.45) is 7.05 Å². The normalized spacial score (nSPS) is 23.5. The highest BCUT2D eigenvalue weighted by atomic mass is 32.2. The zero-order valence-electron chi connectivity index (χ0n) is 14.3. The number of hydrogen-bond acceptors (Lipinski definition) is 5. The lowest BCUT2D eigenvalue weighted by molar-refractivity contribution is -0.125. The lowest BCUT2D eigenvalue weighted by Gasteiger charge is -2.36. The van der Waals surface area contributed by atoms with Crippen molar-refractivity contribution in [2.45, 2.75) is 32.0 Å². The molecule has 1 aliphatic rings. The van der Waals surface area contributed by atoms with E-state index < -0.39 is 22.3 Å². The van der Waals surface area contributed by atoms with Crippen molar-refractivity contribution in [1.82, 2.24) is 24.1 Å². The highest BCUT2D eigenvalue weighted by Crippen LogP contribution is 2.29. The summed E-state index contributed by atoms with van der Waals surface area (Å²) >= 11 is 1.54. The summed E-state index contributed by atoms with van der Waals surface area (Å²) in [6, 6.07) is 2.59. The maximum atomic E-state index is 12.6. The number of carbonyl (C=O) groups excluding carboxylic acids is 1. The minimum absolute atomic E-state index is 0.299. The molecule has 2 atom stereocenters. The fourth-order valence-corrected chi connectivity index (χ4v) is 4.79. The molecule has 8 nitrogen and oxygen atoms in total. The van der Waals surface area contributed by atoms with Gasteiger partial charge in [0.1, 0.15) is 6.04 Å². The first-order chi connectivity index (χ1) is 11.8. The Labute approximate surface area is 151 Å². The zero-order chi connectivity index (χ0) is 18.2. The first kappa shape index (κ1) is 18.1. The zero-order valence-corrected chi connectivity index (χ0v) is 15.9. The first-order valence-electron chi connectivity index (χ1n) is 7.83. The number of nitrogens with zero attached hydrogens (tertiary/aromatic N) is 3. The second-order valence-corrected chi connectivity index (χ2v) is 8.84. The Hall–Kier alpha value is -1.75. The molecule has 2 N–H and O–H groups in total. The molecule has 3 heterocycles. The van der Waals surface area contributed by atoms with Gasteiger partial charge in [0.05, 0.1) is 18.8 Å². The summed E-state index contributed by atoms with van der Waals surface area (Å²) in [5.41, 5.74) is 1.66. The minimum Gasteiger partial charge on any atom is -0.350 e. The lowest BCUT2D eigenvalue weighted by Crippen LogP contribution is -2.57. The Morgan fingerprint density at radius 2 is 2.24 bits per heavy atom. The third kappa shape index (κ3) is 3.61. The monoisotopic (exact) mass is 383 g/mol. The third-order valence-electron chi connectivity index (χ3n) is 4.54. The average Bonchev–Trinajstić information content (AvgIpc) is 3.19. The highest BCUT2D eigenvalue weighted by molar-refractivity contribution is 7.87. The molecule has 25 heavy (non-hydrogen) atoms. The van der Waals surface area contributed by atoms with E-state index in [4.69, 9.17) is 0 Å². The lowest BCUT2D eigenvalue weighted by atomic mass is 10.00. The molecule has 10 heteroatoms. The Kier molecular flexibility index (Phi) is 4.96. The molecule has 136 valence electrons. The number of rotatable bonds is 4. The Morgan fingerprint density at radius 1 is 1.48 bits per heavy atom. The highest BCUT2D eigenvalue weighted by Gasteiger charge is 2.41. The van der Waals surface area contributed by atoms with Crippen molar-refractivity contribution in [1.29, 1.82) is 0 Å². The third-order valence-corrected chi connectivity index (χ3v) is 7.01. The van der Waals surface area contributed by atoms with E-state index >= 15 is 0 Å². The van der Waals surface area contributed by atoms with E-state index in [-0.39, 0.29) is 5.91 Å². The van der Waals surface area contributed by atoms with Crippen molar-refractivity contribution in [3.8, 4) is 0 Å². The second-order valence-electron chi connectivity index (χ2n) is 6.05. The fourth-order valence-electron chi connectivity index (χ4n) is 2.88. The van der Waals surface area contributed by atoms with E-state index in [0.717, 1.165) is 20.4 Å². The van der Waals surface area contributed by atoms with Gasteiger partial charge in [0.2, 0.25) is 5.91 Å². The molecule has 1 fully saturated rings. The SMILES string of the molecule is Cc1c([C@@H]2C[C@@H](C(=O)NCc3cccs3)N(C)S(=O)(=O)N2)cnn1C. The number of nitrogens with one attached hydrogen (secondary N) is 2. The number of hydrogen-bond donors (Lipinski definition) is 2. The van der Waals surface area contributed by atoms with E-state index in [1.165, 1.54) is 7.05 Å². The van der Waals surface area contributed by atoms with Gasteiger partial charge in [-0.3, -0.25) is 9.48 Å². The van der Waals surface area contributed by atoms with Gasteiger partial charge in [0, 0.05) is 30.2 Å². The van der Waals surface area contributed by atoms with Gasteiger partial charge in [-0.05, 0) is 24.8 Å². The fraction of sp³-hybridized carbons (Fsp3) is 0.467. The summed E-state index contributed by atoms with van der Waals surface area (Å²) in [7, 11) is -0.525. The molecule has 1 saturated heterocycles. The summed E-state index contributed by atoms with van der Waals surface area (Å²) in [5.74, 6) is -0.299. The van der Waals surface area contributed by atoms with Crippen LogP contribution in [-0.2, 0) is 28.6 Å². The van der Waals surface area contributed by atoms with Crippen LogP contribution in [0, 0.1) is 6.92 Å². The van der Waals surface area contributed by atoms with Gasteiger partial charge >= 0.3 is 0 Å². The predicted molar refractivity (Wildman–Crippen MR) is 95.1 cm³/mol. The van der Waals surface area contributed by atoms with Crippen LogP contribution in [0.4, 0.5) is 0 Å². The average molecular weight is 383 g/mol. The molecule has 2 aromatic rings. The predicted octanol–water partition coefficient (Wildman–Crippen LogP) is 0.686. The Morgan fingerprint density at radius 3 is 2.84 bits per heavy atom. The van der Waals surface area contributed by atoms with Crippen molar-refractivity contribution in [3.63, 3.8) is 0 Å². The van der Waals surface area contributed by atoms with E-state index in [9.17, 15) is 13.2 Å². The topological polar surface area (TPSA) is 96.3 Å². The summed E-state index contributed by atoms with van der Waals surface area (Å²) in [6.45, 7) is 2.27. The molecule has 0 unspecified atom stereocenters. The van der Waals surface area contributed by atoms with Crippen LogP contribution in [0.3, 0.4) is 0 Å². The van der Waals surface area contributed by atoms with Gasteiger partial charge in [0.25, 0.3) is 10.2 Å². The van der Waals surface area contributed by atoms with Gasteiger partial charge in [-0.2, -0.15) is 22.5 Å². The van der Waals surface area contributed by atoms with Crippen molar-refractivity contribution >= 4 is 27.5 Å². The van der Waals surface area contributed by atoms with Crippen LogP contribution in [0.15, 0.2) is 23.7 Å². The molecule has 1 amide bonds. The quantitative estimate of drug-likeness (QED) is 0.812. The van der Waals surface area contributed by atoms with E-state index in [0.29, 0.717) is 13.0 Å². The van der Waals surface area contributed by atoms with Crippen LogP contribution >= 0.6 is 11.3 Å². The van der Waals surface area contributed by atoms with Gasteiger partial charge < -0.3 is 5.32 Å². The minimum atomic E-state index is -3.74. The molecular formula is C15H21N5O3S2. The molecule has 0 saturated carbocycles. The number of aryl methyl sites for hydroxylation is 1. The molecule has 0 bridgehead atoms. The standard InChI is InChI=1S/C15H21N5O3S2/c1-10-12(9-17-19(10)2)13-7-14(20(3)25(22,23)18-13)15(21)16-8-11-5-4-6-24-11/h4-6,9,13-14,18H,7-8H2,1-3H3,(H,16,21)/t13-,14-/m0/s1. The van der Waals surface area contributed by atoms with Crippen molar-refractivity contribution < 1.29 is 13.2 Å². The van der Waals surface area contributed by atoms with Gasteiger partial charge in [-0.15, -0.1) is 11.3 Å². The van der Waals surface area contributed by atoms with Gasteiger partial charge in [0.15, 0.2) is 0 Å². The number of aromatic nitrogens is 2. The molecule has 2 aromatic heterocycles. The van der Waals surface area contributed by atoms with E-state index in [2.05, 4.69) is 15.1 Å². The summed E-state index contributed by atoms with van der Waals surface area (Å²) in [4.78, 5) is 13.6. The van der Waals surface area contributed by atoms with Crippen molar-refractivity contribution in [3.05, 3.63) is 39.8 Å². The number of amides is 1. The van der Waals surface area contributed by atoms with Crippen LogP contribution in [0.2, 0.25) is 0 Å². The summed E-state index contributed by atoms with van der Waals surface area (Å²) in [5, 5.41) is 8.93. The van der Waals surface area contributed by atoms with Gasteiger partial charge in [-0.1, -0.05) is 6.07 Å². The molecule has 0 aromatic carbocycles. The van der Waals surface area contributed by atoms with E-state index in [1.54, 1.807) is 29.3 Å². The number of thiophene rings is 1. The van der Waals surface area contributed by atoms with Crippen LogP contribution in [-0.4, -0.2) is 41.5 Å². The smallest absolute Gasteiger partial charge is 0.280 e. The molecule has 1 aliphatic heterocycles. The van der Waals surface area contributed by atoms with Crippen LogP contribution < -0.4 is 10.0 Å². The van der Waals surface area contributed by atoms with Crippen LogP contribution in [0.1, 0.15) is 28.6 Å².